The third-order valence-electron chi connectivity index (χ3n) is 9.83. The molecule has 55 heavy (non-hydrogen) atoms. The number of imide groups is 1. The molecule has 5 aromatic rings. The van der Waals surface area contributed by atoms with Crippen molar-refractivity contribution in [3.05, 3.63) is 111 Å². The van der Waals surface area contributed by atoms with Crippen LogP contribution in [0.5, 0.6) is 0 Å². The molecule has 2 N–H and O–H groups in total. The summed E-state index contributed by atoms with van der Waals surface area (Å²) < 4.78 is 21.5. The van der Waals surface area contributed by atoms with Gasteiger partial charge >= 0.3 is 0 Å². The monoisotopic (exact) mass is 760 g/mol. The van der Waals surface area contributed by atoms with E-state index in [1.807, 2.05) is 36.0 Å². The molecule has 14 nitrogen and oxygen atoms in total. The van der Waals surface area contributed by atoms with E-state index in [1.54, 1.807) is 28.5 Å². The summed E-state index contributed by atoms with van der Waals surface area (Å²) in [7, 11) is 0. The second-order valence-electron chi connectivity index (χ2n) is 13.5. The standard InChI is InChI=1S/C40H40N8O6S/c1-26-44-45-36-25-54-24-32-30(20-27-6-3-2-4-7-27)35(55-40(32)48(26)36)12-10-28-21-42-46(22-28)15-17-53-19-18-52-16-14-41-33-9-5-8-29-31(33)23-47(39(29)51)34-11-13-37(49)43-38(34)50/h2-9,21-22,34,41H,11,13-20,23-25H2,1H3,(H,43,49,50). The summed E-state index contributed by atoms with van der Waals surface area (Å²) in [5.74, 6) is 7.47. The number of aryl methyl sites for hydroxylation is 1. The Labute approximate surface area is 321 Å². The molecule has 1 fully saturated rings. The van der Waals surface area contributed by atoms with Crippen LogP contribution in [0.15, 0.2) is 60.9 Å². The van der Waals surface area contributed by atoms with E-state index in [-0.39, 0.29) is 18.2 Å². The van der Waals surface area contributed by atoms with Gasteiger partial charge in [0, 0.05) is 48.1 Å². The van der Waals surface area contributed by atoms with Crippen LogP contribution in [0.1, 0.15) is 67.5 Å². The molecule has 1 unspecified atom stereocenters. The number of rotatable bonds is 13. The molecule has 0 spiro atoms. The third kappa shape index (κ3) is 7.94. The highest BCUT2D eigenvalue weighted by molar-refractivity contribution is 7.15. The van der Waals surface area contributed by atoms with Gasteiger partial charge in [-0.1, -0.05) is 48.2 Å². The molecule has 282 valence electrons. The lowest BCUT2D eigenvalue weighted by Crippen LogP contribution is -2.52. The minimum atomic E-state index is -0.643. The molecule has 3 aromatic heterocycles. The SMILES string of the molecule is Cc1nnc2n1-c1sc(C#Cc3cnn(CCOCCOCCNc4cccc5c4CN(C4CCC(=O)NC4=O)C5=O)c3)c(Cc3ccccc3)c1COC2. The van der Waals surface area contributed by atoms with Crippen LogP contribution in [0.25, 0.3) is 5.00 Å². The zero-order valence-electron chi connectivity index (χ0n) is 30.4. The molecule has 1 atom stereocenters. The molecule has 0 saturated carbocycles. The zero-order valence-corrected chi connectivity index (χ0v) is 31.2. The number of piperidine rings is 1. The highest BCUT2D eigenvalue weighted by Crippen LogP contribution is 2.37. The predicted molar refractivity (Wildman–Crippen MR) is 203 cm³/mol. The van der Waals surface area contributed by atoms with Crippen LogP contribution >= 0.6 is 11.3 Å². The molecule has 6 heterocycles. The van der Waals surface area contributed by atoms with Crippen molar-refractivity contribution in [3.63, 3.8) is 0 Å². The molecule has 2 aromatic carbocycles. The van der Waals surface area contributed by atoms with Crippen molar-refractivity contribution in [2.45, 2.75) is 58.5 Å². The normalized spacial score (nSPS) is 16.2. The number of fused-ring (bicyclic) bond motifs is 4. The topological polar surface area (TPSA) is 155 Å². The molecule has 0 aliphatic carbocycles. The molecule has 8 rings (SSSR count). The van der Waals surface area contributed by atoms with E-state index in [1.165, 1.54) is 5.56 Å². The van der Waals surface area contributed by atoms with Crippen LogP contribution in [0, 0.1) is 18.8 Å². The van der Waals surface area contributed by atoms with Gasteiger partial charge in [-0.3, -0.25) is 28.9 Å². The molecular weight excluding hydrogens is 721 g/mol. The highest BCUT2D eigenvalue weighted by Gasteiger charge is 2.39. The van der Waals surface area contributed by atoms with Crippen LogP contribution < -0.4 is 10.6 Å². The second kappa shape index (κ2) is 16.4. The van der Waals surface area contributed by atoms with Gasteiger partial charge in [0.15, 0.2) is 5.82 Å². The van der Waals surface area contributed by atoms with E-state index in [0.717, 1.165) is 55.9 Å². The average Bonchev–Trinajstić information content (AvgIpc) is 3.93. The zero-order chi connectivity index (χ0) is 37.7. The van der Waals surface area contributed by atoms with Gasteiger partial charge in [0.25, 0.3) is 5.91 Å². The minimum Gasteiger partial charge on any atom is -0.382 e. The lowest BCUT2D eigenvalue weighted by Gasteiger charge is -2.29. The summed E-state index contributed by atoms with van der Waals surface area (Å²) >= 11 is 1.65. The van der Waals surface area contributed by atoms with Crippen molar-refractivity contribution in [2.75, 3.05) is 38.3 Å². The van der Waals surface area contributed by atoms with Crippen molar-refractivity contribution in [2.24, 2.45) is 0 Å². The first-order chi connectivity index (χ1) is 26.9. The smallest absolute Gasteiger partial charge is 0.255 e. The highest BCUT2D eigenvalue weighted by atomic mass is 32.1. The number of nitrogens with zero attached hydrogens (tertiary/aromatic N) is 6. The summed E-state index contributed by atoms with van der Waals surface area (Å²) in [5, 5.41) is 19.9. The number of hydrogen-bond acceptors (Lipinski definition) is 11. The van der Waals surface area contributed by atoms with Crippen LogP contribution in [0.4, 0.5) is 5.69 Å². The van der Waals surface area contributed by atoms with Crippen LogP contribution in [0.3, 0.4) is 0 Å². The number of benzene rings is 2. The van der Waals surface area contributed by atoms with Crippen molar-refractivity contribution in [1.29, 1.82) is 0 Å². The summed E-state index contributed by atoms with van der Waals surface area (Å²) in [6, 6.07) is 15.3. The number of thiophene rings is 1. The fraction of sp³-hybridized carbons (Fsp3) is 0.350. The van der Waals surface area contributed by atoms with Gasteiger partial charge in [-0.25, -0.2) is 0 Å². The Morgan fingerprint density at radius 2 is 1.84 bits per heavy atom. The van der Waals surface area contributed by atoms with Crippen LogP contribution in [-0.2, 0) is 56.5 Å². The van der Waals surface area contributed by atoms with E-state index in [9.17, 15) is 14.4 Å². The molecule has 0 bridgehead atoms. The molecule has 3 aliphatic heterocycles. The lowest BCUT2D eigenvalue weighted by atomic mass is 10.0. The van der Waals surface area contributed by atoms with E-state index in [4.69, 9.17) is 14.2 Å². The summed E-state index contributed by atoms with van der Waals surface area (Å²) in [6.07, 6.45) is 5.00. The van der Waals surface area contributed by atoms with Gasteiger partial charge in [-0.15, -0.1) is 21.5 Å². The number of amides is 3. The summed E-state index contributed by atoms with van der Waals surface area (Å²) in [6.45, 7) is 6.10. The first-order valence-electron chi connectivity index (χ1n) is 18.3. The van der Waals surface area contributed by atoms with E-state index in [2.05, 4.69) is 66.6 Å². The Morgan fingerprint density at radius 3 is 2.69 bits per heavy atom. The van der Waals surface area contributed by atoms with Gasteiger partial charge in [-0.05, 0) is 43.0 Å². The fourth-order valence-electron chi connectivity index (χ4n) is 7.08. The Bertz CT molecular complexity index is 2290. The Kier molecular flexibility index (Phi) is 10.8. The molecule has 3 amide bonds. The van der Waals surface area contributed by atoms with Crippen LogP contribution in [-0.4, -0.2) is 86.2 Å². The first kappa shape index (κ1) is 36.3. The van der Waals surface area contributed by atoms with Crippen molar-refractivity contribution >= 4 is 34.7 Å². The van der Waals surface area contributed by atoms with Crippen LogP contribution in [0.2, 0.25) is 0 Å². The summed E-state index contributed by atoms with van der Waals surface area (Å²) in [4.78, 5) is 39.6. The number of hydrogen-bond donors (Lipinski definition) is 2. The maximum Gasteiger partial charge on any atom is 0.255 e. The molecular formula is C40H40N8O6S. The maximum atomic E-state index is 13.1. The Balaban J connectivity index is 0.795. The van der Waals surface area contributed by atoms with Gasteiger partial charge in [0.05, 0.1) is 56.2 Å². The van der Waals surface area contributed by atoms with Gasteiger partial charge in [-0.2, -0.15) is 5.10 Å². The third-order valence-corrected chi connectivity index (χ3v) is 11.0. The van der Waals surface area contributed by atoms with Gasteiger partial charge < -0.3 is 24.4 Å². The van der Waals surface area contributed by atoms with Crippen molar-refractivity contribution in [1.82, 2.24) is 34.8 Å². The number of ether oxygens (including phenoxy) is 3. The van der Waals surface area contributed by atoms with E-state index >= 15 is 0 Å². The average molecular weight is 761 g/mol. The van der Waals surface area contributed by atoms with E-state index < -0.39 is 11.9 Å². The number of carbonyl (C=O) groups excluding carboxylic acids is 3. The molecule has 1 saturated heterocycles. The largest absolute Gasteiger partial charge is 0.382 e. The number of carbonyl (C=O) groups is 3. The lowest BCUT2D eigenvalue weighted by molar-refractivity contribution is -0.136. The number of anilines is 1. The van der Waals surface area contributed by atoms with Crippen molar-refractivity contribution < 1.29 is 28.6 Å². The predicted octanol–water partition coefficient (Wildman–Crippen LogP) is 3.76. The fourth-order valence-corrected chi connectivity index (χ4v) is 8.33. The second-order valence-corrected chi connectivity index (χ2v) is 14.5. The Morgan fingerprint density at radius 1 is 0.982 bits per heavy atom. The minimum absolute atomic E-state index is 0.195. The van der Waals surface area contributed by atoms with Crippen molar-refractivity contribution in [3.8, 4) is 16.8 Å². The molecule has 3 aliphatic rings. The number of nitrogens with one attached hydrogen (secondary N) is 2. The quantitative estimate of drug-likeness (QED) is 0.103. The molecule has 15 heteroatoms. The first-order valence-corrected chi connectivity index (χ1v) is 19.1. The van der Waals surface area contributed by atoms with Gasteiger partial charge in [0.2, 0.25) is 11.8 Å². The number of aromatic nitrogens is 5. The van der Waals surface area contributed by atoms with Gasteiger partial charge in [0.1, 0.15) is 23.5 Å². The summed E-state index contributed by atoms with van der Waals surface area (Å²) in [5.41, 5.74) is 6.57. The molecule has 0 radical (unpaired) electrons. The Hall–Kier alpha value is -5.66. The maximum absolute atomic E-state index is 13.1. The van der Waals surface area contributed by atoms with E-state index in [0.29, 0.717) is 71.3 Å².